The Bertz CT molecular complexity index is 1500. The molecule has 1 aromatic heterocycles. The van der Waals surface area contributed by atoms with Crippen LogP contribution in [0.15, 0.2) is 63.7 Å². The maximum absolute atomic E-state index is 13.0. The van der Waals surface area contributed by atoms with E-state index in [-0.39, 0.29) is 26.8 Å². The van der Waals surface area contributed by atoms with Gasteiger partial charge in [0.05, 0.1) is 20.4 Å². The highest BCUT2D eigenvalue weighted by Gasteiger charge is 2.25. The number of amides is 1. The van der Waals surface area contributed by atoms with Crippen LogP contribution < -0.4 is 10.2 Å². The van der Waals surface area contributed by atoms with Crippen molar-refractivity contribution in [1.29, 1.82) is 0 Å². The molecule has 0 saturated heterocycles. The zero-order valence-corrected chi connectivity index (χ0v) is 21.7. The number of halogens is 1. The van der Waals surface area contributed by atoms with E-state index in [2.05, 4.69) is 15.5 Å². The van der Waals surface area contributed by atoms with Gasteiger partial charge in [-0.3, -0.25) is 25.0 Å². The number of nitrogens with one attached hydrogen (secondary N) is 1. The van der Waals surface area contributed by atoms with Gasteiger partial charge in [0.15, 0.2) is 0 Å². The summed E-state index contributed by atoms with van der Waals surface area (Å²) in [5.74, 6) is -0.673. The van der Waals surface area contributed by atoms with Crippen molar-refractivity contribution in [3.63, 3.8) is 0 Å². The van der Waals surface area contributed by atoms with E-state index in [0.717, 1.165) is 17.8 Å². The smallest absolute Gasteiger partial charge is 0.333 e. The van der Waals surface area contributed by atoms with E-state index in [1.807, 2.05) is 18.7 Å². The van der Waals surface area contributed by atoms with Gasteiger partial charge in [-0.05, 0) is 61.6 Å². The third kappa shape index (κ3) is 6.63. The second-order valence-electron chi connectivity index (χ2n) is 7.28. The summed E-state index contributed by atoms with van der Waals surface area (Å²) >= 11 is 0.485. The minimum absolute atomic E-state index is 0.00220. The molecular formula is C21H19ClN6O7S2. The number of nitrogens with zero attached hydrogens (tertiary/aromatic N) is 5. The Morgan fingerprint density at radius 1 is 1.05 bits per heavy atom. The summed E-state index contributed by atoms with van der Waals surface area (Å²) in [6, 6.07) is 10.8. The van der Waals surface area contributed by atoms with Crippen LogP contribution in [0, 0.1) is 20.2 Å². The molecule has 13 nitrogen and oxygen atoms in total. The van der Waals surface area contributed by atoms with Crippen LogP contribution in [0.5, 0.6) is 0 Å². The predicted molar refractivity (Wildman–Crippen MR) is 139 cm³/mol. The summed E-state index contributed by atoms with van der Waals surface area (Å²) in [5, 5.41) is 32.1. The minimum atomic E-state index is -4.07. The van der Waals surface area contributed by atoms with E-state index in [0.29, 0.717) is 24.4 Å². The Hall–Kier alpha value is -3.95. The van der Waals surface area contributed by atoms with Gasteiger partial charge in [0.2, 0.25) is 5.00 Å². The first-order chi connectivity index (χ1) is 17.4. The fourth-order valence-electron chi connectivity index (χ4n) is 3.23. The lowest BCUT2D eigenvalue weighted by atomic mass is 10.2. The van der Waals surface area contributed by atoms with E-state index in [1.54, 1.807) is 12.1 Å². The van der Waals surface area contributed by atoms with Crippen molar-refractivity contribution in [1.82, 2.24) is 0 Å². The third-order valence-electron chi connectivity index (χ3n) is 5.04. The van der Waals surface area contributed by atoms with Gasteiger partial charge < -0.3 is 10.2 Å². The molecule has 0 aliphatic heterocycles. The summed E-state index contributed by atoms with van der Waals surface area (Å²) < 4.78 is 23.3. The zero-order valence-electron chi connectivity index (χ0n) is 19.3. The molecule has 1 heterocycles. The normalized spacial score (nSPS) is 11.4. The van der Waals surface area contributed by atoms with Crippen molar-refractivity contribution in [2.45, 2.75) is 18.7 Å². The summed E-state index contributed by atoms with van der Waals surface area (Å²) in [6.45, 7) is 5.20. The summed E-state index contributed by atoms with van der Waals surface area (Å²) in [5.41, 5.74) is 0.433. The Kier molecular flexibility index (Phi) is 8.52. The van der Waals surface area contributed by atoms with Crippen LogP contribution in [0.1, 0.15) is 24.2 Å². The van der Waals surface area contributed by atoms with Crippen molar-refractivity contribution in [2.24, 2.45) is 10.2 Å². The van der Waals surface area contributed by atoms with Gasteiger partial charge >= 0.3 is 10.7 Å². The molecule has 194 valence electrons. The predicted octanol–water partition coefficient (Wildman–Crippen LogP) is 6.01. The maximum atomic E-state index is 13.0. The first-order valence-electron chi connectivity index (χ1n) is 10.5. The van der Waals surface area contributed by atoms with Crippen LogP contribution in [0.25, 0.3) is 0 Å². The van der Waals surface area contributed by atoms with Gasteiger partial charge in [0.25, 0.3) is 15.0 Å². The van der Waals surface area contributed by atoms with E-state index in [4.69, 9.17) is 10.7 Å². The third-order valence-corrected chi connectivity index (χ3v) is 7.35. The van der Waals surface area contributed by atoms with Gasteiger partial charge in [-0.2, -0.15) is 0 Å². The average molecular weight is 567 g/mol. The number of hydrogen-bond acceptors (Lipinski definition) is 11. The molecule has 0 atom stereocenters. The van der Waals surface area contributed by atoms with Crippen molar-refractivity contribution in [2.75, 3.05) is 23.3 Å². The van der Waals surface area contributed by atoms with E-state index in [9.17, 15) is 33.4 Å². The van der Waals surface area contributed by atoms with Crippen molar-refractivity contribution < 1.29 is 23.1 Å². The maximum Gasteiger partial charge on any atom is 0.333 e. The van der Waals surface area contributed by atoms with Crippen LogP contribution in [-0.2, 0) is 9.05 Å². The van der Waals surface area contributed by atoms with Crippen molar-refractivity contribution in [3.8, 4) is 0 Å². The topological polar surface area (TPSA) is 177 Å². The zero-order chi connectivity index (χ0) is 27.3. The molecule has 1 N–H and O–H groups in total. The molecule has 0 fully saturated rings. The number of azo groups is 1. The van der Waals surface area contributed by atoms with Gasteiger partial charge in [-0.1, -0.05) is 6.07 Å². The van der Waals surface area contributed by atoms with Crippen LogP contribution >= 0.6 is 22.0 Å². The highest BCUT2D eigenvalue weighted by atomic mass is 35.7. The standard InChI is InChI=1S/C21H19ClN6O7S2/c1-3-26(4-2)14-8-9-16(24-25-21-18(27(30)31)12-19(36-21)28(32)33)17(11-14)23-20(29)13-6-5-7-15(10-13)37(22,34)35/h5-12H,3-4H2,1-2H3,(H,23,29). The Labute approximate surface area is 219 Å². The van der Waals surface area contributed by atoms with Gasteiger partial charge in [-0.25, -0.2) is 8.42 Å². The second kappa shape index (κ2) is 11.4. The number of nitro groups is 2. The van der Waals surface area contributed by atoms with Crippen molar-refractivity contribution >= 4 is 69.7 Å². The first-order valence-corrected chi connectivity index (χ1v) is 13.7. The molecule has 37 heavy (non-hydrogen) atoms. The fourth-order valence-corrected chi connectivity index (χ4v) is 4.79. The number of benzene rings is 2. The highest BCUT2D eigenvalue weighted by Crippen LogP contribution is 2.42. The van der Waals surface area contributed by atoms with E-state index >= 15 is 0 Å². The molecule has 0 spiro atoms. The summed E-state index contributed by atoms with van der Waals surface area (Å²) in [6.07, 6.45) is 0. The monoisotopic (exact) mass is 566 g/mol. The van der Waals surface area contributed by atoms with Crippen LogP contribution in [0.4, 0.5) is 32.8 Å². The highest BCUT2D eigenvalue weighted by molar-refractivity contribution is 8.13. The number of hydrogen-bond donors (Lipinski definition) is 1. The number of rotatable bonds is 10. The summed E-state index contributed by atoms with van der Waals surface area (Å²) in [4.78, 5) is 35.5. The molecule has 0 unspecified atom stereocenters. The lowest BCUT2D eigenvalue weighted by molar-refractivity contribution is -0.389. The molecule has 0 bridgehead atoms. The Morgan fingerprint density at radius 2 is 1.76 bits per heavy atom. The van der Waals surface area contributed by atoms with E-state index < -0.39 is 35.5 Å². The quantitative estimate of drug-likeness (QED) is 0.134. The molecule has 0 aliphatic rings. The molecule has 16 heteroatoms. The number of carbonyl (C=O) groups is 1. The molecule has 0 saturated carbocycles. The number of thiophene rings is 1. The second-order valence-corrected chi connectivity index (χ2v) is 10.9. The van der Waals surface area contributed by atoms with Gasteiger partial charge in [0.1, 0.15) is 11.8 Å². The molecule has 3 rings (SSSR count). The fraction of sp³-hybridized carbons (Fsp3) is 0.190. The first kappa shape index (κ1) is 27.6. The lowest BCUT2D eigenvalue weighted by Crippen LogP contribution is -2.22. The molecule has 2 aromatic carbocycles. The number of anilines is 2. The summed E-state index contributed by atoms with van der Waals surface area (Å²) in [7, 11) is 1.31. The SMILES string of the molecule is CCN(CC)c1ccc(N=Nc2sc([N+](=O)[O-])cc2[N+](=O)[O-])c(NC(=O)c2cccc(S(=O)(=O)Cl)c2)c1. The van der Waals surface area contributed by atoms with Gasteiger partial charge in [0, 0.05) is 35.0 Å². The molecular weight excluding hydrogens is 548 g/mol. The van der Waals surface area contributed by atoms with Gasteiger partial charge in [-0.15, -0.1) is 10.2 Å². The Morgan fingerprint density at radius 3 is 2.35 bits per heavy atom. The van der Waals surface area contributed by atoms with Crippen LogP contribution in [-0.4, -0.2) is 37.3 Å². The largest absolute Gasteiger partial charge is 0.372 e. The van der Waals surface area contributed by atoms with Crippen LogP contribution in [0.2, 0.25) is 0 Å². The molecule has 0 aliphatic carbocycles. The van der Waals surface area contributed by atoms with E-state index in [1.165, 1.54) is 24.3 Å². The average Bonchev–Trinajstić information content (AvgIpc) is 3.29. The van der Waals surface area contributed by atoms with Crippen molar-refractivity contribution in [3.05, 3.63) is 74.3 Å². The lowest BCUT2D eigenvalue weighted by Gasteiger charge is -2.22. The molecule has 0 radical (unpaired) electrons. The molecule has 3 aromatic rings. The molecule has 1 amide bonds. The minimum Gasteiger partial charge on any atom is -0.372 e. The Balaban J connectivity index is 2.04. The number of carbonyl (C=O) groups excluding carboxylic acids is 1. The van der Waals surface area contributed by atoms with Crippen LogP contribution in [0.3, 0.4) is 0 Å².